The van der Waals surface area contributed by atoms with E-state index in [4.69, 9.17) is 15.3 Å². The molecule has 0 radical (unpaired) electrons. The first-order valence-corrected chi connectivity index (χ1v) is 6.12. The first kappa shape index (κ1) is 13.1. The molecule has 0 aliphatic heterocycles. The summed E-state index contributed by atoms with van der Waals surface area (Å²) in [6, 6.07) is 0. The number of hydrogen-bond acceptors (Lipinski definition) is 6. The van der Waals surface area contributed by atoms with Gasteiger partial charge in [-0.2, -0.15) is 13.0 Å². The van der Waals surface area contributed by atoms with Crippen molar-refractivity contribution < 1.29 is 17.3 Å². The third-order valence-electron chi connectivity index (χ3n) is 2.34. The highest BCUT2D eigenvalue weighted by Gasteiger charge is 2.22. The molecule has 8 nitrogen and oxygen atoms in total. The Kier molecular flexibility index (Phi) is 3.26. The lowest BCUT2D eigenvalue weighted by Gasteiger charge is -2.04. The lowest BCUT2D eigenvalue weighted by atomic mass is 10.4. The highest BCUT2D eigenvalue weighted by atomic mass is 32.2. The lowest BCUT2D eigenvalue weighted by Crippen LogP contribution is -2.23. The molecule has 2 rings (SSSR count). The van der Waals surface area contributed by atoms with Crippen molar-refractivity contribution in [2.45, 2.75) is 20.8 Å². The van der Waals surface area contributed by atoms with Crippen molar-refractivity contribution in [3.8, 4) is 5.75 Å². The van der Waals surface area contributed by atoms with Gasteiger partial charge >= 0.3 is 22.9 Å². The summed E-state index contributed by atoms with van der Waals surface area (Å²) >= 11 is -2.17. The molecule has 0 aromatic carbocycles. The second-order valence-electron chi connectivity index (χ2n) is 3.62. The van der Waals surface area contributed by atoms with Crippen LogP contribution in [0.15, 0.2) is 13.7 Å². The van der Waals surface area contributed by atoms with E-state index in [1.165, 1.54) is 6.92 Å². The maximum Gasteiger partial charge on any atom is 0.420 e. The maximum atomic E-state index is 12.0. The number of oxazole rings is 1. The molecule has 2 aromatic rings. The average Bonchev–Trinajstić information content (AvgIpc) is 2.82. The van der Waals surface area contributed by atoms with Gasteiger partial charge in [0, 0.05) is 6.92 Å². The van der Waals surface area contributed by atoms with Gasteiger partial charge in [0.25, 0.3) is 0 Å². The van der Waals surface area contributed by atoms with E-state index in [0.717, 1.165) is 3.97 Å². The molecule has 2 heterocycles. The largest absolute Gasteiger partial charge is 0.433 e. The molecule has 0 saturated carbocycles. The van der Waals surface area contributed by atoms with E-state index in [1.807, 2.05) is 0 Å². The fourth-order valence-corrected chi connectivity index (χ4v) is 2.32. The molecule has 19 heavy (non-hydrogen) atoms. The van der Waals surface area contributed by atoms with E-state index >= 15 is 0 Å². The van der Waals surface area contributed by atoms with Crippen LogP contribution in [0.5, 0.6) is 5.75 Å². The average molecular weight is 283 g/mol. The van der Waals surface area contributed by atoms with Gasteiger partial charge in [0.15, 0.2) is 5.76 Å². The molecule has 0 saturated heterocycles. The Morgan fingerprint density at radius 2 is 2.11 bits per heavy atom. The molecular weight excluding hydrogens is 274 g/mol. The van der Waals surface area contributed by atoms with E-state index in [0.29, 0.717) is 11.5 Å². The summed E-state index contributed by atoms with van der Waals surface area (Å²) in [6.45, 7) is 11.4. The van der Waals surface area contributed by atoms with Crippen LogP contribution in [0.4, 0.5) is 5.88 Å². The number of aromatic nitrogens is 2. The van der Waals surface area contributed by atoms with Crippen LogP contribution in [0, 0.1) is 27.3 Å². The SMILES string of the molecule is [C-]#[N+]c1oc(=O)n(S(=O)Oc2c(C)noc2C)c1C. The third-order valence-corrected chi connectivity index (χ3v) is 3.37. The molecular formula is C10H9N3O5S. The fraction of sp³-hybridized carbons (Fsp3) is 0.300. The number of rotatable bonds is 3. The van der Waals surface area contributed by atoms with Gasteiger partial charge in [0.05, 0.1) is 12.3 Å². The van der Waals surface area contributed by atoms with Gasteiger partial charge in [-0.15, -0.1) is 0 Å². The molecule has 0 aliphatic carbocycles. The highest BCUT2D eigenvalue weighted by molar-refractivity contribution is 7.79. The molecule has 1 atom stereocenters. The summed E-state index contributed by atoms with van der Waals surface area (Å²) in [5.41, 5.74) is 0.538. The summed E-state index contributed by atoms with van der Waals surface area (Å²) in [5.74, 6) is -0.616. The second kappa shape index (κ2) is 4.74. The Hall–Kier alpha value is -2.34. The summed E-state index contributed by atoms with van der Waals surface area (Å²) in [5, 5.41) is 3.64. The normalized spacial score (nSPS) is 12.1. The first-order valence-electron chi connectivity index (χ1n) is 5.09. The van der Waals surface area contributed by atoms with Gasteiger partial charge in [-0.3, -0.25) is 0 Å². The van der Waals surface area contributed by atoms with E-state index in [2.05, 4.69) is 14.4 Å². The highest BCUT2D eigenvalue weighted by Crippen LogP contribution is 2.24. The summed E-state index contributed by atoms with van der Waals surface area (Å²) in [6.07, 6.45) is 0. The molecule has 0 N–H and O–H groups in total. The predicted molar refractivity (Wildman–Crippen MR) is 64.1 cm³/mol. The van der Waals surface area contributed by atoms with Crippen LogP contribution in [0.2, 0.25) is 0 Å². The van der Waals surface area contributed by atoms with Crippen LogP contribution in [0.25, 0.3) is 4.85 Å². The van der Waals surface area contributed by atoms with Crippen molar-refractivity contribution in [2.24, 2.45) is 0 Å². The van der Waals surface area contributed by atoms with Gasteiger partial charge in [-0.1, -0.05) is 5.16 Å². The Balaban J connectivity index is 2.40. The smallest absolute Gasteiger partial charge is 0.420 e. The molecule has 0 fully saturated rings. The van der Waals surface area contributed by atoms with Gasteiger partial charge in [0.1, 0.15) is 5.69 Å². The van der Waals surface area contributed by atoms with Crippen molar-refractivity contribution in [3.05, 3.63) is 39.1 Å². The van der Waals surface area contributed by atoms with E-state index in [1.54, 1.807) is 13.8 Å². The minimum absolute atomic E-state index is 0.130. The zero-order valence-electron chi connectivity index (χ0n) is 10.3. The van der Waals surface area contributed by atoms with Crippen LogP contribution >= 0.6 is 0 Å². The molecule has 9 heteroatoms. The molecule has 0 amide bonds. The number of aryl methyl sites for hydroxylation is 2. The quantitative estimate of drug-likeness (QED) is 0.791. The molecule has 0 spiro atoms. The van der Waals surface area contributed by atoms with E-state index < -0.39 is 17.0 Å². The van der Waals surface area contributed by atoms with Crippen molar-refractivity contribution in [1.82, 2.24) is 9.13 Å². The Labute approximate surface area is 110 Å². The van der Waals surface area contributed by atoms with Crippen molar-refractivity contribution >= 4 is 17.2 Å². The molecule has 2 aromatic heterocycles. The summed E-state index contributed by atoms with van der Waals surface area (Å²) in [4.78, 5) is 14.5. The van der Waals surface area contributed by atoms with Gasteiger partial charge in [0.2, 0.25) is 5.75 Å². The monoisotopic (exact) mass is 283 g/mol. The van der Waals surface area contributed by atoms with Crippen molar-refractivity contribution in [2.75, 3.05) is 0 Å². The topological polar surface area (TPSA) is 91.8 Å². The third kappa shape index (κ3) is 2.17. The Bertz CT molecular complexity index is 729. The van der Waals surface area contributed by atoms with E-state index in [9.17, 15) is 9.00 Å². The maximum absolute atomic E-state index is 12.0. The molecule has 0 aliphatic rings. The number of nitrogens with zero attached hydrogens (tertiary/aromatic N) is 3. The fourth-order valence-electron chi connectivity index (χ4n) is 1.40. The van der Waals surface area contributed by atoms with Crippen LogP contribution in [-0.4, -0.2) is 13.3 Å². The molecule has 0 bridgehead atoms. The van der Waals surface area contributed by atoms with Crippen molar-refractivity contribution in [1.29, 1.82) is 0 Å². The van der Waals surface area contributed by atoms with Crippen LogP contribution in [0.3, 0.4) is 0 Å². The molecule has 1 unspecified atom stereocenters. The summed E-state index contributed by atoms with van der Waals surface area (Å²) in [7, 11) is 0. The van der Waals surface area contributed by atoms with Gasteiger partial charge in [-0.05, 0) is 13.8 Å². The second-order valence-corrected chi connectivity index (χ2v) is 4.58. The minimum Gasteiger partial charge on any atom is -0.433 e. The number of hydrogen-bond donors (Lipinski definition) is 0. The van der Waals surface area contributed by atoms with Gasteiger partial charge < -0.3 is 13.1 Å². The Morgan fingerprint density at radius 3 is 2.58 bits per heavy atom. The Morgan fingerprint density at radius 1 is 1.42 bits per heavy atom. The van der Waals surface area contributed by atoms with Crippen molar-refractivity contribution in [3.63, 3.8) is 0 Å². The lowest BCUT2D eigenvalue weighted by molar-refractivity contribution is 0.389. The standard InChI is InChI=1S/C10H9N3O5S/c1-5-8(7(3)17-12-5)18-19(15)13-6(2)9(11-4)16-10(13)14/h1-3H3. The van der Waals surface area contributed by atoms with Gasteiger partial charge in [-0.25, -0.2) is 4.79 Å². The van der Waals surface area contributed by atoms with Crippen LogP contribution in [-0.2, 0) is 11.3 Å². The molecule has 100 valence electrons. The zero-order chi connectivity index (χ0) is 14.2. The van der Waals surface area contributed by atoms with Crippen LogP contribution < -0.4 is 9.94 Å². The van der Waals surface area contributed by atoms with Crippen LogP contribution in [0.1, 0.15) is 17.1 Å². The first-order chi connectivity index (χ1) is 8.95. The summed E-state index contributed by atoms with van der Waals surface area (Å²) < 4.78 is 27.4. The minimum atomic E-state index is -2.17. The predicted octanol–water partition coefficient (Wildman–Crippen LogP) is 1.41. The van der Waals surface area contributed by atoms with E-state index in [-0.39, 0.29) is 17.3 Å². The zero-order valence-corrected chi connectivity index (χ0v) is 11.1.